The number of rotatable bonds is 2. The van der Waals surface area contributed by atoms with E-state index in [0.29, 0.717) is 5.56 Å². The van der Waals surface area contributed by atoms with Crippen molar-refractivity contribution in [3.8, 4) is 6.07 Å². The summed E-state index contributed by atoms with van der Waals surface area (Å²) in [6, 6.07) is 7.91. The van der Waals surface area contributed by atoms with Crippen molar-refractivity contribution in [3.05, 3.63) is 46.3 Å². The monoisotopic (exact) mass is 285 g/mol. The van der Waals surface area contributed by atoms with Crippen LogP contribution in [0.5, 0.6) is 0 Å². The Kier molecular flexibility index (Phi) is 3.68. The number of aromatic nitrogens is 1. The zero-order valence-electron chi connectivity index (χ0n) is 11.2. The summed E-state index contributed by atoms with van der Waals surface area (Å²) in [7, 11) is 0. The second kappa shape index (κ2) is 5.61. The molecular weight excluding hydrogens is 270 g/mol. The maximum Gasteiger partial charge on any atom is 0.146 e. The van der Waals surface area contributed by atoms with Gasteiger partial charge >= 0.3 is 0 Å². The maximum absolute atomic E-state index is 9.22. The molecule has 3 rings (SSSR count). The lowest BCUT2D eigenvalue weighted by Crippen LogP contribution is -2.43. The Bertz CT molecular complexity index is 620. The molecule has 20 heavy (non-hydrogen) atoms. The minimum absolute atomic E-state index is 0.0403. The Balaban J connectivity index is 1.88. The van der Waals surface area contributed by atoms with Gasteiger partial charge in [0.15, 0.2) is 0 Å². The van der Waals surface area contributed by atoms with Crippen LogP contribution in [0.3, 0.4) is 0 Å². The number of ether oxygens (including phenoxy) is 1. The first-order valence-corrected chi connectivity index (χ1v) is 7.50. The molecule has 4 nitrogen and oxygen atoms in total. The van der Waals surface area contributed by atoms with Crippen LogP contribution in [0.1, 0.15) is 24.2 Å². The molecule has 102 valence electrons. The molecule has 1 aliphatic heterocycles. The van der Waals surface area contributed by atoms with Gasteiger partial charge in [0.25, 0.3) is 0 Å². The van der Waals surface area contributed by atoms with E-state index in [1.54, 1.807) is 23.6 Å². The van der Waals surface area contributed by atoms with Crippen molar-refractivity contribution in [2.45, 2.75) is 19.1 Å². The van der Waals surface area contributed by atoms with E-state index in [1.807, 2.05) is 6.07 Å². The van der Waals surface area contributed by atoms with Crippen molar-refractivity contribution in [3.63, 3.8) is 0 Å². The summed E-state index contributed by atoms with van der Waals surface area (Å²) in [6.45, 7) is 3.54. The molecule has 1 fully saturated rings. The van der Waals surface area contributed by atoms with Crippen molar-refractivity contribution in [1.82, 2.24) is 4.98 Å². The minimum Gasteiger partial charge on any atom is -0.367 e. The lowest BCUT2D eigenvalue weighted by Gasteiger charge is -2.37. The summed E-state index contributed by atoms with van der Waals surface area (Å²) >= 11 is 1.67. The van der Waals surface area contributed by atoms with E-state index < -0.39 is 0 Å². The molecule has 0 unspecified atom stereocenters. The molecule has 2 aromatic heterocycles. The zero-order valence-corrected chi connectivity index (χ0v) is 12.0. The van der Waals surface area contributed by atoms with Gasteiger partial charge in [0.1, 0.15) is 18.0 Å². The van der Waals surface area contributed by atoms with Gasteiger partial charge in [-0.25, -0.2) is 4.98 Å². The van der Waals surface area contributed by atoms with Crippen LogP contribution in [0.4, 0.5) is 5.82 Å². The molecule has 0 radical (unpaired) electrons. The van der Waals surface area contributed by atoms with Gasteiger partial charge in [-0.05, 0) is 41.4 Å². The highest BCUT2D eigenvalue weighted by Crippen LogP contribution is 2.30. The second-order valence-corrected chi connectivity index (χ2v) is 5.66. The third kappa shape index (κ3) is 2.53. The van der Waals surface area contributed by atoms with Crippen LogP contribution in [0, 0.1) is 11.3 Å². The second-order valence-electron chi connectivity index (χ2n) is 4.88. The Hall–Kier alpha value is -1.90. The fourth-order valence-electron chi connectivity index (χ4n) is 2.50. The normalized spacial score (nSPS) is 22.5. The molecule has 1 saturated heterocycles. The van der Waals surface area contributed by atoms with Gasteiger partial charge in [0, 0.05) is 19.3 Å². The van der Waals surface area contributed by atoms with Crippen LogP contribution in [0.2, 0.25) is 0 Å². The zero-order chi connectivity index (χ0) is 13.9. The molecule has 1 aliphatic rings. The minimum atomic E-state index is 0.0403. The van der Waals surface area contributed by atoms with Crippen molar-refractivity contribution in [2.24, 2.45) is 0 Å². The molecule has 0 saturated carbocycles. The van der Waals surface area contributed by atoms with Gasteiger partial charge < -0.3 is 9.64 Å². The molecule has 0 aromatic carbocycles. The Morgan fingerprint density at radius 3 is 3.10 bits per heavy atom. The van der Waals surface area contributed by atoms with Gasteiger partial charge in [-0.15, -0.1) is 0 Å². The molecule has 0 spiro atoms. The highest BCUT2D eigenvalue weighted by Gasteiger charge is 2.28. The van der Waals surface area contributed by atoms with Gasteiger partial charge in [0.2, 0.25) is 0 Å². The summed E-state index contributed by atoms with van der Waals surface area (Å²) < 4.78 is 6.01. The van der Waals surface area contributed by atoms with Crippen molar-refractivity contribution < 1.29 is 4.74 Å². The van der Waals surface area contributed by atoms with Gasteiger partial charge in [0.05, 0.1) is 11.7 Å². The number of hydrogen-bond acceptors (Lipinski definition) is 5. The number of pyridine rings is 1. The number of thiophene rings is 1. The smallest absolute Gasteiger partial charge is 0.146 e. The van der Waals surface area contributed by atoms with E-state index in [1.165, 1.54) is 5.56 Å². The predicted molar refractivity (Wildman–Crippen MR) is 78.8 cm³/mol. The molecule has 2 atom stereocenters. The van der Waals surface area contributed by atoms with Gasteiger partial charge in [-0.2, -0.15) is 16.6 Å². The highest BCUT2D eigenvalue weighted by atomic mass is 32.1. The first-order chi connectivity index (χ1) is 9.78. The fourth-order valence-corrected chi connectivity index (χ4v) is 3.20. The third-order valence-corrected chi connectivity index (χ3v) is 4.08. The Morgan fingerprint density at radius 1 is 1.45 bits per heavy atom. The predicted octanol–water partition coefficient (Wildman–Crippen LogP) is 2.98. The van der Waals surface area contributed by atoms with Crippen LogP contribution in [-0.2, 0) is 4.74 Å². The standard InChI is InChI=1S/C15H15N3OS/c1-11-8-18(15-12(7-16)3-2-5-17-15)9-14(19-11)13-4-6-20-10-13/h2-6,10-11,14H,8-9H2,1H3/t11-,14+/m1/s1. The number of morpholine rings is 1. The van der Waals surface area contributed by atoms with E-state index >= 15 is 0 Å². The van der Waals surface area contributed by atoms with Gasteiger partial charge in [-0.3, -0.25) is 0 Å². The Labute approximate surface area is 122 Å². The maximum atomic E-state index is 9.22. The van der Waals surface area contributed by atoms with Crippen LogP contribution in [0.25, 0.3) is 0 Å². The molecule has 0 N–H and O–H groups in total. The molecular formula is C15H15N3OS. The summed E-state index contributed by atoms with van der Waals surface area (Å²) in [5.74, 6) is 0.755. The third-order valence-electron chi connectivity index (χ3n) is 3.38. The summed E-state index contributed by atoms with van der Waals surface area (Å²) in [6.07, 6.45) is 1.89. The SMILES string of the molecule is C[C@@H]1CN(c2ncccc2C#N)C[C@@H](c2ccsc2)O1. The number of nitriles is 1. The average Bonchev–Trinajstić information content (AvgIpc) is 3.01. The van der Waals surface area contributed by atoms with Gasteiger partial charge in [-0.1, -0.05) is 0 Å². The van der Waals surface area contributed by atoms with E-state index in [4.69, 9.17) is 4.74 Å². The van der Waals surface area contributed by atoms with E-state index in [-0.39, 0.29) is 12.2 Å². The van der Waals surface area contributed by atoms with E-state index in [0.717, 1.165) is 18.9 Å². The van der Waals surface area contributed by atoms with E-state index in [2.05, 4.69) is 39.7 Å². The van der Waals surface area contributed by atoms with Crippen LogP contribution >= 0.6 is 11.3 Å². The first kappa shape index (κ1) is 13.1. The number of hydrogen-bond donors (Lipinski definition) is 0. The molecule has 0 aliphatic carbocycles. The summed E-state index contributed by atoms with van der Waals surface area (Å²) in [5, 5.41) is 13.4. The molecule has 3 heterocycles. The van der Waals surface area contributed by atoms with Crippen LogP contribution < -0.4 is 4.90 Å². The summed E-state index contributed by atoms with van der Waals surface area (Å²) in [5.41, 5.74) is 1.81. The lowest BCUT2D eigenvalue weighted by molar-refractivity contribution is -0.0174. The van der Waals surface area contributed by atoms with Crippen molar-refractivity contribution >= 4 is 17.2 Å². The highest BCUT2D eigenvalue weighted by molar-refractivity contribution is 7.07. The number of anilines is 1. The largest absolute Gasteiger partial charge is 0.367 e. The van der Waals surface area contributed by atoms with E-state index in [9.17, 15) is 5.26 Å². The molecule has 2 aromatic rings. The van der Waals surface area contributed by atoms with Crippen molar-refractivity contribution in [2.75, 3.05) is 18.0 Å². The first-order valence-electron chi connectivity index (χ1n) is 6.55. The average molecular weight is 285 g/mol. The molecule has 0 amide bonds. The van der Waals surface area contributed by atoms with Crippen molar-refractivity contribution in [1.29, 1.82) is 5.26 Å². The molecule has 5 heteroatoms. The van der Waals surface area contributed by atoms with Crippen LogP contribution in [-0.4, -0.2) is 24.2 Å². The summed E-state index contributed by atoms with van der Waals surface area (Å²) in [4.78, 5) is 6.52. The van der Waals surface area contributed by atoms with Crippen LogP contribution in [0.15, 0.2) is 35.2 Å². The Morgan fingerprint density at radius 2 is 2.35 bits per heavy atom. The lowest BCUT2D eigenvalue weighted by atomic mass is 10.1. The topological polar surface area (TPSA) is 49.2 Å². The number of nitrogens with zero attached hydrogens (tertiary/aromatic N) is 3. The quantitative estimate of drug-likeness (QED) is 0.851. The fraction of sp³-hybridized carbons (Fsp3) is 0.333. The molecule has 0 bridgehead atoms.